The number of ether oxygens (including phenoxy) is 1. The molecule has 0 amide bonds. The molecule has 0 fully saturated rings. The molecular weight excluding hydrogens is 306 g/mol. The maximum Gasteiger partial charge on any atom is 0.124 e. The SMILES string of the molecule is C[C@H](NC1CCOc2ccc(Br)cc21)c1ccco1. The third kappa shape index (κ3) is 2.69. The van der Waals surface area contributed by atoms with Crippen LogP contribution in [0.15, 0.2) is 45.5 Å². The molecule has 0 aliphatic carbocycles. The molecule has 100 valence electrons. The summed E-state index contributed by atoms with van der Waals surface area (Å²) < 4.78 is 12.2. The van der Waals surface area contributed by atoms with Crippen LogP contribution in [0.2, 0.25) is 0 Å². The first-order valence-electron chi connectivity index (χ1n) is 6.46. The molecule has 0 saturated heterocycles. The number of rotatable bonds is 3. The van der Waals surface area contributed by atoms with Crippen molar-refractivity contribution < 1.29 is 9.15 Å². The average Bonchev–Trinajstić information content (AvgIpc) is 2.93. The zero-order valence-corrected chi connectivity index (χ0v) is 12.3. The summed E-state index contributed by atoms with van der Waals surface area (Å²) in [6.07, 6.45) is 2.68. The highest BCUT2D eigenvalue weighted by Crippen LogP contribution is 2.35. The van der Waals surface area contributed by atoms with Crippen LogP contribution in [0.25, 0.3) is 0 Å². The van der Waals surface area contributed by atoms with Crippen LogP contribution in [0.1, 0.15) is 36.8 Å². The van der Waals surface area contributed by atoms with Crippen LogP contribution < -0.4 is 10.1 Å². The fourth-order valence-corrected chi connectivity index (χ4v) is 2.84. The van der Waals surface area contributed by atoms with Gasteiger partial charge in [-0.25, -0.2) is 0 Å². The Balaban J connectivity index is 1.81. The van der Waals surface area contributed by atoms with Crippen molar-refractivity contribution in [3.63, 3.8) is 0 Å². The number of halogens is 1. The minimum atomic E-state index is 0.185. The third-order valence-corrected chi connectivity index (χ3v) is 3.93. The van der Waals surface area contributed by atoms with E-state index in [2.05, 4.69) is 34.2 Å². The van der Waals surface area contributed by atoms with E-state index in [4.69, 9.17) is 9.15 Å². The third-order valence-electron chi connectivity index (χ3n) is 3.43. The number of fused-ring (bicyclic) bond motifs is 1. The second-order valence-electron chi connectivity index (χ2n) is 4.78. The van der Waals surface area contributed by atoms with Gasteiger partial charge in [-0.3, -0.25) is 0 Å². The van der Waals surface area contributed by atoms with Crippen molar-refractivity contribution in [1.82, 2.24) is 5.32 Å². The van der Waals surface area contributed by atoms with E-state index in [1.165, 1.54) is 5.56 Å². The van der Waals surface area contributed by atoms with E-state index in [9.17, 15) is 0 Å². The Labute approximate surface area is 121 Å². The summed E-state index contributed by atoms with van der Waals surface area (Å²) in [5, 5.41) is 3.61. The second kappa shape index (κ2) is 5.39. The lowest BCUT2D eigenvalue weighted by atomic mass is 9.99. The van der Waals surface area contributed by atoms with Crippen LogP contribution in [0.5, 0.6) is 5.75 Å². The largest absolute Gasteiger partial charge is 0.493 e. The Morgan fingerprint density at radius 2 is 2.26 bits per heavy atom. The molecular formula is C15H16BrNO2. The van der Waals surface area contributed by atoms with Crippen molar-refractivity contribution >= 4 is 15.9 Å². The van der Waals surface area contributed by atoms with Gasteiger partial charge in [-0.15, -0.1) is 0 Å². The van der Waals surface area contributed by atoms with Crippen LogP contribution >= 0.6 is 15.9 Å². The predicted octanol–water partition coefficient (Wildman–Crippen LogP) is 4.22. The molecule has 3 nitrogen and oxygen atoms in total. The lowest BCUT2D eigenvalue weighted by molar-refractivity contribution is 0.241. The summed E-state index contributed by atoms with van der Waals surface area (Å²) in [6.45, 7) is 2.86. The molecule has 4 heteroatoms. The summed E-state index contributed by atoms with van der Waals surface area (Å²) in [4.78, 5) is 0. The highest BCUT2D eigenvalue weighted by molar-refractivity contribution is 9.10. The fourth-order valence-electron chi connectivity index (χ4n) is 2.46. The van der Waals surface area contributed by atoms with E-state index in [0.29, 0.717) is 6.04 Å². The van der Waals surface area contributed by atoms with E-state index < -0.39 is 0 Å². The van der Waals surface area contributed by atoms with Gasteiger partial charge < -0.3 is 14.5 Å². The Morgan fingerprint density at radius 1 is 1.37 bits per heavy atom. The van der Waals surface area contributed by atoms with Crippen LogP contribution in [0.3, 0.4) is 0 Å². The molecule has 1 aliphatic rings. The number of hydrogen-bond donors (Lipinski definition) is 1. The maximum absolute atomic E-state index is 5.70. The summed E-state index contributed by atoms with van der Waals surface area (Å²) in [5.41, 5.74) is 1.21. The Kier molecular flexibility index (Phi) is 3.62. The second-order valence-corrected chi connectivity index (χ2v) is 5.69. The molecule has 1 unspecified atom stereocenters. The lowest BCUT2D eigenvalue weighted by Gasteiger charge is -2.29. The summed E-state index contributed by atoms with van der Waals surface area (Å²) in [7, 11) is 0. The molecule has 0 radical (unpaired) electrons. The molecule has 19 heavy (non-hydrogen) atoms. The summed E-state index contributed by atoms with van der Waals surface area (Å²) in [5.74, 6) is 1.93. The Bertz CT molecular complexity index is 553. The molecule has 0 spiro atoms. The van der Waals surface area contributed by atoms with E-state index >= 15 is 0 Å². The fraction of sp³-hybridized carbons (Fsp3) is 0.333. The highest BCUT2D eigenvalue weighted by atomic mass is 79.9. The lowest BCUT2D eigenvalue weighted by Crippen LogP contribution is -2.29. The molecule has 3 rings (SSSR count). The summed E-state index contributed by atoms with van der Waals surface area (Å²) in [6, 6.07) is 10.6. The molecule has 0 saturated carbocycles. The maximum atomic E-state index is 5.70. The van der Waals surface area contributed by atoms with E-state index in [1.54, 1.807) is 6.26 Å². The average molecular weight is 322 g/mol. The first kappa shape index (κ1) is 12.8. The number of hydrogen-bond acceptors (Lipinski definition) is 3. The standard InChI is InChI=1S/C15H16BrNO2/c1-10(14-3-2-7-18-14)17-13-6-8-19-15-5-4-11(16)9-12(13)15/h2-5,7,9-10,13,17H,6,8H2,1H3/t10-,13?/m0/s1. The van der Waals surface area contributed by atoms with E-state index in [-0.39, 0.29) is 6.04 Å². The number of nitrogens with one attached hydrogen (secondary N) is 1. The van der Waals surface area contributed by atoms with Gasteiger partial charge in [0.25, 0.3) is 0 Å². The zero-order valence-electron chi connectivity index (χ0n) is 10.7. The van der Waals surface area contributed by atoms with Gasteiger partial charge in [0.1, 0.15) is 11.5 Å². The van der Waals surface area contributed by atoms with E-state index in [0.717, 1.165) is 29.0 Å². The van der Waals surface area contributed by atoms with Crippen molar-refractivity contribution in [2.75, 3.05) is 6.61 Å². The molecule has 1 aliphatic heterocycles. The molecule has 1 aromatic heterocycles. The van der Waals surface area contributed by atoms with Crippen molar-refractivity contribution in [1.29, 1.82) is 0 Å². The molecule has 1 aromatic carbocycles. The van der Waals surface area contributed by atoms with Crippen LogP contribution in [0.4, 0.5) is 0 Å². The smallest absolute Gasteiger partial charge is 0.124 e. The van der Waals surface area contributed by atoms with Crippen molar-refractivity contribution in [2.45, 2.75) is 25.4 Å². The van der Waals surface area contributed by atoms with Gasteiger partial charge in [-0.2, -0.15) is 0 Å². The zero-order chi connectivity index (χ0) is 13.2. The number of furan rings is 1. The van der Waals surface area contributed by atoms with Gasteiger partial charge in [0.05, 0.1) is 18.9 Å². The molecule has 2 aromatic rings. The Hall–Kier alpha value is -1.26. The van der Waals surface area contributed by atoms with Gasteiger partial charge in [0.2, 0.25) is 0 Å². The first-order chi connectivity index (χ1) is 9.24. The molecule has 1 N–H and O–H groups in total. The number of benzene rings is 1. The minimum absolute atomic E-state index is 0.185. The first-order valence-corrected chi connectivity index (χ1v) is 7.25. The monoisotopic (exact) mass is 321 g/mol. The minimum Gasteiger partial charge on any atom is -0.493 e. The van der Waals surface area contributed by atoms with Crippen molar-refractivity contribution in [2.24, 2.45) is 0 Å². The Morgan fingerprint density at radius 3 is 3.05 bits per heavy atom. The van der Waals surface area contributed by atoms with Crippen LogP contribution in [-0.4, -0.2) is 6.61 Å². The van der Waals surface area contributed by atoms with E-state index in [1.807, 2.05) is 24.3 Å². The van der Waals surface area contributed by atoms with Crippen molar-refractivity contribution in [3.8, 4) is 5.75 Å². The van der Waals surface area contributed by atoms with Crippen LogP contribution in [-0.2, 0) is 0 Å². The van der Waals surface area contributed by atoms with Gasteiger partial charge in [-0.05, 0) is 37.3 Å². The van der Waals surface area contributed by atoms with Gasteiger partial charge in [-0.1, -0.05) is 15.9 Å². The normalized spacial score (nSPS) is 19.6. The van der Waals surface area contributed by atoms with Gasteiger partial charge in [0.15, 0.2) is 0 Å². The van der Waals surface area contributed by atoms with Gasteiger partial charge in [0, 0.05) is 22.5 Å². The molecule has 2 atom stereocenters. The summed E-state index contributed by atoms with van der Waals surface area (Å²) >= 11 is 3.52. The predicted molar refractivity (Wildman–Crippen MR) is 77.3 cm³/mol. The van der Waals surface area contributed by atoms with Gasteiger partial charge >= 0.3 is 0 Å². The quantitative estimate of drug-likeness (QED) is 0.919. The molecule has 0 bridgehead atoms. The van der Waals surface area contributed by atoms with Crippen molar-refractivity contribution in [3.05, 3.63) is 52.4 Å². The highest BCUT2D eigenvalue weighted by Gasteiger charge is 2.24. The molecule has 2 heterocycles. The topological polar surface area (TPSA) is 34.4 Å². The van der Waals surface area contributed by atoms with Crippen LogP contribution in [0, 0.1) is 0 Å².